The lowest BCUT2D eigenvalue weighted by molar-refractivity contribution is -0.139. The van der Waals surface area contributed by atoms with Gasteiger partial charge in [-0.05, 0) is 57.9 Å². The maximum absolute atomic E-state index is 11.6. The van der Waals surface area contributed by atoms with Crippen molar-refractivity contribution in [2.24, 2.45) is 0 Å². The normalized spacial score (nSPS) is 23.5. The van der Waals surface area contributed by atoms with Crippen molar-refractivity contribution in [2.75, 3.05) is 0 Å². The van der Waals surface area contributed by atoms with Crippen LogP contribution in [0.1, 0.15) is 162 Å². The van der Waals surface area contributed by atoms with Gasteiger partial charge in [-0.15, -0.1) is 0 Å². The van der Waals surface area contributed by atoms with Gasteiger partial charge in [0, 0.05) is 12.0 Å². The number of hydrogen-bond acceptors (Lipinski definition) is 7. The zero-order chi connectivity index (χ0) is 30.6. The van der Waals surface area contributed by atoms with Crippen LogP contribution in [0, 0.1) is 0 Å². The van der Waals surface area contributed by atoms with E-state index in [9.17, 15) is 25.2 Å². The molecule has 2 aliphatic heterocycles. The molecule has 1 saturated heterocycles. The molecule has 7 nitrogen and oxygen atoms in total. The SMILES string of the molecule is CCCCC[C@@H](O)[C@H](O)CCCCCC[C@H](O)[C@H]1CC[C@H](CCCCCCCCCC[C@@H](O)CC2=C[C@H](C)OC2=O)O1. The van der Waals surface area contributed by atoms with Crippen LogP contribution < -0.4 is 0 Å². The predicted molar refractivity (Wildman–Crippen MR) is 168 cm³/mol. The van der Waals surface area contributed by atoms with Gasteiger partial charge in [-0.1, -0.05) is 103 Å². The molecule has 7 heteroatoms. The quantitative estimate of drug-likeness (QED) is 0.0624. The van der Waals surface area contributed by atoms with Crippen molar-refractivity contribution in [2.45, 2.75) is 204 Å². The molecule has 0 aromatic rings. The molecule has 7 atom stereocenters. The standard InChI is InChI=1S/C35H64O7/c1-3-4-13-20-31(37)32(38)21-16-11-12-17-22-33(39)34-24-23-30(42-34)19-15-10-8-6-5-7-9-14-18-29(36)26-28-25-27(2)41-35(28)40/h25,27,29-34,36-39H,3-24,26H2,1-2H3/t27-,29+,30-,31+,32+,33-,34+/m0/s1. The number of aliphatic hydroxyl groups excluding tert-OH is 4. The van der Waals surface area contributed by atoms with Crippen LogP contribution in [0.2, 0.25) is 0 Å². The zero-order valence-corrected chi connectivity index (χ0v) is 26.9. The van der Waals surface area contributed by atoms with Gasteiger partial charge in [-0.2, -0.15) is 0 Å². The number of esters is 1. The lowest BCUT2D eigenvalue weighted by Crippen LogP contribution is -2.26. The Morgan fingerprint density at radius 2 is 1.29 bits per heavy atom. The molecule has 2 rings (SSSR count). The number of ether oxygens (including phenoxy) is 2. The molecule has 2 heterocycles. The van der Waals surface area contributed by atoms with Crippen LogP contribution in [-0.2, 0) is 14.3 Å². The molecule has 0 amide bonds. The second-order valence-corrected chi connectivity index (χ2v) is 13.1. The Labute approximate surface area is 256 Å². The fourth-order valence-electron chi connectivity index (χ4n) is 6.41. The zero-order valence-electron chi connectivity index (χ0n) is 26.9. The molecule has 0 unspecified atom stereocenters. The first kappa shape index (κ1) is 37.2. The number of unbranched alkanes of at least 4 members (excludes halogenated alkanes) is 12. The van der Waals surface area contributed by atoms with Crippen LogP contribution in [0.5, 0.6) is 0 Å². The highest BCUT2D eigenvalue weighted by Crippen LogP contribution is 2.28. The summed E-state index contributed by atoms with van der Waals surface area (Å²) in [7, 11) is 0. The van der Waals surface area contributed by atoms with Gasteiger partial charge in [0.15, 0.2) is 0 Å². The molecule has 2 aliphatic rings. The number of hydrogen-bond donors (Lipinski definition) is 4. The largest absolute Gasteiger partial charge is 0.455 e. The van der Waals surface area contributed by atoms with Crippen LogP contribution in [-0.4, -0.2) is 69.1 Å². The lowest BCUT2D eigenvalue weighted by Gasteiger charge is -2.20. The summed E-state index contributed by atoms with van der Waals surface area (Å²) in [6.07, 6.45) is 23.0. The third kappa shape index (κ3) is 16.2. The smallest absolute Gasteiger partial charge is 0.334 e. The van der Waals surface area contributed by atoms with E-state index in [1.54, 1.807) is 0 Å². The predicted octanol–water partition coefficient (Wildman–Crippen LogP) is 7.06. The van der Waals surface area contributed by atoms with Gasteiger partial charge in [0.2, 0.25) is 0 Å². The first-order valence-corrected chi connectivity index (χ1v) is 17.6. The highest BCUT2D eigenvalue weighted by Gasteiger charge is 2.30. The van der Waals surface area contributed by atoms with E-state index in [-0.39, 0.29) is 24.3 Å². The van der Waals surface area contributed by atoms with E-state index in [0.29, 0.717) is 30.9 Å². The fraction of sp³-hybridized carbons (Fsp3) is 0.914. The van der Waals surface area contributed by atoms with E-state index in [2.05, 4.69) is 6.92 Å². The third-order valence-electron chi connectivity index (χ3n) is 9.13. The Bertz CT molecular complexity index is 726. The van der Waals surface area contributed by atoms with E-state index >= 15 is 0 Å². The highest BCUT2D eigenvalue weighted by atomic mass is 16.5. The van der Waals surface area contributed by atoms with Gasteiger partial charge in [-0.3, -0.25) is 0 Å². The molecule has 0 aliphatic carbocycles. The molecule has 0 bridgehead atoms. The molecule has 246 valence electrons. The van der Waals surface area contributed by atoms with Crippen LogP contribution >= 0.6 is 0 Å². The third-order valence-corrected chi connectivity index (χ3v) is 9.13. The Morgan fingerprint density at radius 3 is 1.88 bits per heavy atom. The topological polar surface area (TPSA) is 116 Å². The van der Waals surface area contributed by atoms with E-state index in [1.807, 2.05) is 13.0 Å². The van der Waals surface area contributed by atoms with Gasteiger partial charge in [-0.25, -0.2) is 4.79 Å². The Balaban J connectivity index is 1.36. The summed E-state index contributed by atoms with van der Waals surface area (Å²) >= 11 is 0. The minimum Gasteiger partial charge on any atom is -0.455 e. The highest BCUT2D eigenvalue weighted by molar-refractivity contribution is 5.90. The lowest BCUT2D eigenvalue weighted by atomic mass is 9.99. The van der Waals surface area contributed by atoms with E-state index in [0.717, 1.165) is 89.9 Å². The van der Waals surface area contributed by atoms with Crippen LogP contribution in [0.25, 0.3) is 0 Å². The molecule has 1 fully saturated rings. The number of rotatable bonds is 26. The average Bonchev–Trinajstić information content (AvgIpc) is 3.56. The van der Waals surface area contributed by atoms with Crippen LogP contribution in [0.15, 0.2) is 11.6 Å². The Kier molecular flexibility index (Phi) is 19.9. The number of cyclic esters (lactones) is 1. The van der Waals surface area contributed by atoms with Crippen molar-refractivity contribution >= 4 is 5.97 Å². The van der Waals surface area contributed by atoms with Crippen LogP contribution in [0.3, 0.4) is 0 Å². The fourth-order valence-corrected chi connectivity index (χ4v) is 6.41. The van der Waals surface area contributed by atoms with Gasteiger partial charge < -0.3 is 29.9 Å². The van der Waals surface area contributed by atoms with Crippen molar-refractivity contribution in [3.05, 3.63) is 11.6 Å². The summed E-state index contributed by atoms with van der Waals surface area (Å²) in [6.45, 7) is 3.98. The maximum Gasteiger partial charge on any atom is 0.334 e. The van der Waals surface area contributed by atoms with Crippen molar-refractivity contribution in [3.8, 4) is 0 Å². The molecule has 0 saturated carbocycles. The van der Waals surface area contributed by atoms with Gasteiger partial charge in [0.05, 0.1) is 36.6 Å². The second kappa shape index (κ2) is 22.5. The number of carbonyl (C=O) groups excluding carboxylic acids is 1. The van der Waals surface area contributed by atoms with Gasteiger partial charge >= 0.3 is 5.97 Å². The summed E-state index contributed by atoms with van der Waals surface area (Å²) < 4.78 is 11.3. The first-order chi connectivity index (χ1) is 20.3. The van der Waals surface area contributed by atoms with Crippen LogP contribution in [0.4, 0.5) is 0 Å². The molecule has 4 N–H and O–H groups in total. The van der Waals surface area contributed by atoms with E-state index < -0.39 is 18.3 Å². The molecule has 0 radical (unpaired) electrons. The Morgan fingerprint density at radius 1 is 0.738 bits per heavy atom. The minimum absolute atomic E-state index is 0.0131. The van der Waals surface area contributed by atoms with Crippen molar-refractivity contribution in [1.82, 2.24) is 0 Å². The molecule has 0 aromatic carbocycles. The van der Waals surface area contributed by atoms with Crippen molar-refractivity contribution < 1.29 is 34.7 Å². The van der Waals surface area contributed by atoms with Crippen molar-refractivity contribution in [3.63, 3.8) is 0 Å². The van der Waals surface area contributed by atoms with E-state index in [1.165, 1.54) is 38.5 Å². The molecular weight excluding hydrogens is 532 g/mol. The number of aliphatic hydroxyl groups is 4. The van der Waals surface area contributed by atoms with Crippen molar-refractivity contribution in [1.29, 1.82) is 0 Å². The van der Waals surface area contributed by atoms with E-state index in [4.69, 9.17) is 9.47 Å². The molecule has 42 heavy (non-hydrogen) atoms. The minimum atomic E-state index is -0.604. The van der Waals surface area contributed by atoms with Gasteiger partial charge in [0.1, 0.15) is 6.10 Å². The monoisotopic (exact) mass is 596 g/mol. The molecule has 0 spiro atoms. The summed E-state index contributed by atoms with van der Waals surface area (Å²) in [5, 5.41) is 40.9. The average molecular weight is 597 g/mol. The summed E-state index contributed by atoms with van der Waals surface area (Å²) in [6, 6.07) is 0. The summed E-state index contributed by atoms with van der Waals surface area (Å²) in [5.74, 6) is -0.277. The summed E-state index contributed by atoms with van der Waals surface area (Å²) in [4.78, 5) is 11.6. The van der Waals surface area contributed by atoms with Gasteiger partial charge in [0.25, 0.3) is 0 Å². The number of carbonyl (C=O) groups is 1. The second-order valence-electron chi connectivity index (χ2n) is 13.1. The molecular formula is C35H64O7. The maximum atomic E-state index is 11.6. The first-order valence-electron chi connectivity index (χ1n) is 17.6. The molecule has 0 aromatic heterocycles. The summed E-state index contributed by atoms with van der Waals surface area (Å²) in [5.41, 5.74) is 0.621. The Hall–Kier alpha value is -0.990.